The lowest BCUT2D eigenvalue weighted by atomic mass is 9.80. The van der Waals surface area contributed by atoms with Crippen LogP contribution in [0.15, 0.2) is 0 Å². The average Bonchev–Trinajstić information content (AvgIpc) is 2.38. The quantitative estimate of drug-likeness (QED) is 0.854. The van der Waals surface area contributed by atoms with Crippen LogP contribution in [0.1, 0.15) is 58.8 Å². The molecule has 2 aliphatic carbocycles. The van der Waals surface area contributed by atoms with Crippen molar-refractivity contribution in [2.24, 2.45) is 11.8 Å². The Morgan fingerprint density at radius 2 is 1.72 bits per heavy atom. The molecule has 2 fully saturated rings. The van der Waals surface area contributed by atoms with Gasteiger partial charge in [-0.25, -0.2) is 0 Å². The normalized spacial score (nSPS) is 40.6. The molecule has 5 unspecified atom stereocenters. The Morgan fingerprint density at radius 3 is 2.33 bits per heavy atom. The molecule has 0 bridgehead atoms. The van der Waals surface area contributed by atoms with Crippen LogP contribution in [-0.2, 0) is 10.8 Å². The molecule has 5 atom stereocenters. The van der Waals surface area contributed by atoms with Crippen molar-refractivity contribution in [3.05, 3.63) is 0 Å². The van der Waals surface area contributed by atoms with Crippen LogP contribution < -0.4 is 5.32 Å². The number of hydrogen-bond acceptors (Lipinski definition) is 2. The van der Waals surface area contributed by atoms with E-state index in [2.05, 4.69) is 19.2 Å². The lowest BCUT2D eigenvalue weighted by Gasteiger charge is -2.41. The second-order valence-electron chi connectivity index (χ2n) is 6.50. The Balaban J connectivity index is 2.05. The highest BCUT2D eigenvalue weighted by molar-refractivity contribution is 7.86. The Morgan fingerprint density at radius 1 is 1.06 bits per heavy atom. The van der Waals surface area contributed by atoms with E-state index in [1.807, 2.05) is 7.05 Å². The van der Waals surface area contributed by atoms with Crippen molar-refractivity contribution in [2.75, 3.05) is 7.05 Å². The molecule has 0 radical (unpaired) electrons. The summed E-state index contributed by atoms with van der Waals surface area (Å²) in [5, 5.41) is 4.31. The zero-order valence-electron chi connectivity index (χ0n) is 12.2. The van der Waals surface area contributed by atoms with Crippen molar-refractivity contribution in [1.29, 1.82) is 0 Å². The molecule has 0 saturated heterocycles. The van der Waals surface area contributed by atoms with Crippen LogP contribution in [0.5, 0.6) is 0 Å². The molecule has 18 heavy (non-hydrogen) atoms. The van der Waals surface area contributed by atoms with Gasteiger partial charge in [-0.3, -0.25) is 4.21 Å². The lowest BCUT2D eigenvalue weighted by Crippen LogP contribution is -2.51. The van der Waals surface area contributed by atoms with Gasteiger partial charge in [0.1, 0.15) is 0 Å². The maximum absolute atomic E-state index is 12.9. The summed E-state index contributed by atoms with van der Waals surface area (Å²) in [5.41, 5.74) is 0. The van der Waals surface area contributed by atoms with Gasteiger partial charge in [-0.1, -0.05) is 33.1 Å². The van der Waals surface area contributed by atoms with Crippen LogP contribution in [-0.4, -0.2) is 27.8 Å². The van der Waals surface area contributed by atoms with E-state index in [1.54, 1.807) is 0 Å². The summed E-state index contributed by atoms with van der Waals surface area (Å²) >= 11 is 0. The Bertz CT molecular complexity index is 288. The van der Waals surface area contributed by atoms with Gasteiger partial charge in [0.05, 0.1) is 5.25 Å². The SMILES string of the molecule is CNC1CC(C)CC(C)C1S(=O)C1CCCCC1. The highest BCUT2D eigenvalue weighted by atomic mass is 32.2. The van der Waals surface area contributed by atoms with Crippen LogP contribution in [0.3, 0.4) is 0 Å². The first-order valence-electron chi connectivity index (χ1n) is 7.70. The first-order valence-corrected chi connectivity index (χ1v) is 8.97. The molecule has 0 heterocycles. The second-order valence-corrected chi connectivity index (χ2v) is 8.37. The van der Waals surface area contributed by atoms with Gasteiger partial charge in [-0.15, -0.1) is 0 Å². The maximum atomic E-state index is 12.9. The molecule has 0 aromatic heterocycles. The van der Waals surface area contributed by atoms with Gasteiger partial charge < -0.3 is 5.32 Å². The summed E-state index contributed by atoms with van der Waals surface area (Å²) in [5.74, 6) is 1.38. The number of nitrogens with one attached hydrogen (secondary N) is 1. The van der Waals surface area contributed by atoms with E-state index in [4.69, 9.17) is 0 Å². The molecule has 0 aromatic rings. The molecule has 1 N–H and O–H groups in total. The summed E-state index contributed by atoms with van der Waals surface area (Å²) in [4.78, 5) is 0. The minimum Gasteiger partial charge on any atom is -0.316 e. The monoisotopic (exact) mass is 271 g/mol. The minimum absolute atomic E-state index is 0.384. The summed E-state index contributed by atoms with van der Waals surface area (Å²) in [6, 6.07) is 0.464. The molecule has 2 nitrogen and oxygen atoms in total. The largest absolute Gasteiger partial charge is 0.316 e. The van der Waals surface area contributed by atoms with Crippen molar-refractivity contribution in [2.45, 2.75) is 75.3 Å². The van der Waals surface area contributed by atoms with E-state index in [1.165, 1.54) is 44.9 Å². The third-order valence-corrected chi connectivity index (χ3v) is 7.37. The Labute approximate surface area is 115 Å². The highest BCUT2D eigenvalue weighted by Crippen LogP contribution is 2.35. The smallest absolute Gasteiger partial charge is 0.0529 e. The predicted molar refractivity (Wildman–Crippen MR) is 79.2 cm³/mol. The lowest BCUT2D eigenvalue weighted by molar-refractivity contribution is 0.252. The van der Waals surface area contributed by atoms with Crippen LogP contribution >= 0.6 is 0 Å². The van der Waals surface area contributed by atoms with Gasteiger partial charge >= 0.3 is 0 Å². The second kappa shape index (κ2) is 6.51. The van der Waals surface area contributed by atoms with Crippen LogP contribution in [0.2, 0.25) is 0 Å². The summed E-state index contributed by atoms with van der Waals surface area (Å²) in [7, 11) is 1.41. The Kier molecular flexibility index (Phi) is 5.25. The molecule has 0 spiro atoms. The summed E-state index contributed by atoms with van der Waals surface area (Å²) < 4.78 is 12.9. The van der Waals surface area contributed by atoms with E-state index >= 15 is 0 Å². The highest BCUT2D eigenvalue weighted by Gasteiger charge is 2.39. The van der Waals surface area contributed by atoms with E-state index in [-0.39, 0.29) is 0 Å². The van der Waals surface area contributed by atoms with Gasteiger partial charge in [0.2, 0.25) is 0 Å². The molecule has 106 valence electrons. The van der Waals surface area contributed by atoms with Crippen molar-refractivity contribution >= 4 is 10.8 Å². The Hall–Kier alpha value is 0.110. The number of rotatable bonds is 3. The van der Waals surface area contributed by atoms with Gasteiger partial charge in [-0.2, -0.15) is 0 Å². The zero-order valence-corrected chi connectivity index (χ0v) is 13.0. The first-order chi connectivity index (χ1) is 8.63. The molecule has 2 rings (SSSR count). The van der Waals surface area contributed by atoms with Gasteiger partial charge in [0.25, 0.3) is 0 Å². The van der Waals surface area contributed by atoms with Crippen LogP contribution in [0.4, 0.5) is 0 Å². The van der Waals surface area contributed by atoms with Crippen molar-refractivity contribution in [1.82, 2.24) is 5.32 Å². The molecule has 3 heteroatoms. The molecular formula is C15H29NOS. The average molecular weight is 271 g/mol. The molecule has 0 aromatic carbocycles. The molecule has 2 saturated carbocycles. The van der Waals surface area contributed by atoms with Crippen LogP contribution in [0, 0.1) is 11.8 Å². The van der Waals surface area contributed by atoms with Crippen molar-refractivity contribution < 1.29 is 4.21 Å². The van der Waals surface area contributed by atoms with E-state index in [0.29, 0.717) is 22.5 Å². The third-order valence-electron chi connectivity index (χ3n) is 4.91. The molecule has 0 amide bonds. The third kappa shape index (κ3) is 3.16. The minimum atomic E-state index is -0.630. The van der Waals surface area contributed by atoms with E-state index < -0.39 is 10.8 Å². The molecular weight excluding hydrogens is 242 g/mol. The summed E-state index contributed by atoms with van der Waals surface area (Å²) in [6.45, 7) is 4.64. The van der Waals surface area contributed by atoms with Gasteiger partial charge in [0.15, 0.2) is 0 Å². The first kappa shape index (κ1) is 14.5. The van der Waals surface area contributed by atoms with Gasteiger partial charge in [-0.05, 0) is 44.6 Å². The summed E-state index contributed by atoms with van der Waals surface area (Å²) in [6.07, 6.45) is 8.77. The van der Waals surface area contributed by atoms with Crippen LogP contribution in [0.25, 0.3) is 0 Å². The predicted octanol–water partition coefficient (Wildman–Crippen LogP) is 3.09. The van der Waals surface area contributed by atoms with Gasteiger partial charge in [0, 0.05) is 22.1 Å². The zero-order chi connectivity index (χ0) is 13.1. The van der Waals surface area contributed by atoms with Crippen molar-refractivity contribution in [3.63, 3.8) is 0 Å². The maximum Gasteiger partial charge on any atom is 0.0529 e. The molecule has 0 aliphatic heterocycles. The van der Waals surface area contributed by atoms with E-state index in [9.17, 15) is 4.21 Å². The standard InChI is InChI=1S/C15H29NOS/c1-11-9-12(2)15(14(10-11)16-3)18(17)13-7-5-4-6-8-13/h11-16H,4-10H2,1-3H3. The van der Waals surface area contributed by atoms with E-state index in [0.717, 1.165) is 5.92 Å². The molecule has 2 aliphatic rings. The number of hydrogen-bond donors (Lipinski definition) is 1. The van der Waals surface area contributed by atoms with Crippen molar-refractivity contribution in [3.8, 4) is 0 Å². The fraction of sp³-hybridized carbons (Fsp3) is 1.00. The fourth-order valence-electron chi connectivity index (χ4n) is 4.02. The fourth-order valence-corrected chi connectivity index (χ4v) is 6.40. The topological polar surface area (TPSA) is 29.1 Å².